The van der Waals surface area contributed by atoms with Gasteiger partial charge in [0.2, 0.25) is 0 Å². The van der Waals surface area contributed by atoms with E-state index >= 15 is 0 Å². The first-order chi connectivity index (χ1) is 4.47. The number of nitrogens with one attached hydrogen (secondary N) is 1. The molecule has 60 valence electrons. The predicted octanol–water partition coefficient (Wildman–Crippen LogP) is 2.91. The molecule has 1 aromatic carbocycles. The third-order valence-corrected chi connectivity index (χ3v) is 1.46. The fourth-order valence-electron chi connectivity index (χ4n) is 0.995. The normalized spacial score (nSPS) is 8.36. The second-order valence-corrected chi connectivity index (χ2v) is 2.06. The Hall–Kier alpha value is -0.800. The summed E-state index contributed by atoms with van der Waals surface area (Å²) in [5.74, 6) is 0. The fourth-order valence-corrected chi connectivity index (χ4v) is 0.995. The van der Waals surface area contributed by atoms with Crippen LogP contribution in [0.25, 0.3) is 10.9 Å². The van der Waals surface area contributed by atoms with E-state index in [-0.39, 0.29) is 23.1 Å². The van der Waals surface area contributed by atoms with Gasteiger partial charge in [0, 0.05) is 11.7 Å². The smallest absolute Gasteiger partial charge is 0.0453 e. The van der Waals surface area contributed by atoms with Crippen LogP contribution < -0.4 is 6.15 Å². The maximum Gasteiger partial charge on any atom is 0.0453 e. The van der Waals surface area contributed by atoms with Crippen LogP contribution in [-0.2, 0) is 0 Å². The summed E-state index contributed by atoms with van der Waals surface area (Å²) in [5, 5.41) is 1.28. The van der Waals surface area contributed by atoms with Crippen LogP contribution in [0.15, 0.2) is 36.5 Å². The summed E-state index contributed by atoms with van der Waals surface area (Å²) in [6.07, 6.45) is 1.95. The predicted molar refractivity (Wildman–Crippen MR) is 53.6 cm³/mol. The van der Waals surface area contributed by atoms with Crippen molar-refractivity contribution in [1.29, 1.82) is 0 Å². The maximum atomic E-state index is 3.12. The zero-order valence-electron chi connectivity index (χ0n) is 6.08. The second kappa shape index (κ2) is 4.16. The summed E-state index contributed by atoms with van der Waals surface area (Å²) in [6, 6.07) is 10.3. The number of aromatic nitrogens is 1. The highest BCUT2D eigenvalue weighted by molar-refractivity contribution is 8.93. The second-order valence-electron chi connectivity index (χ2n) is 2.06. The van der Waals surface area contributed by atoms with Gasteiger partial charge in [-0.05, 0) is 17.5 Å². The molecule has 0 aliphatic rings. The van der Waals surface area contributed by atoms with Gasteiger partial charge in [0.25, 0.3) is 0 Å². The Balaban J connectivity index is 0.000000500. The molecule has 0 unspecified atom stereocenters. The first kappa shape index (κ1) is 10.2. The first-order valence-corrected chi connectivity index (χ1v) is 2.99. The highest BCUT2D eigenvalue weighted by Crippen LogP contribution is 2.09. The summed E-state index contributed by atoms with van der Waals surface area (Å²) in [6.45, 7) is 0. The third kappa shape index (κ3) is 1.82. The largest absolute Gasteiger partial charge is 0.361 e. The summed E-state index contributed by atoms with van der Waals surface area (Å²) < 4.78 is 0. The van der Waals surface area contributed by atoms with E-state index in [1.807, 2.05) is 18.3 Å². The summed E-state index contributed by atoms with van der Waals surface area (Å²) in [4.78, 5) is 3.12. The number of aromatic amines is 1. The van der Waals surface area contributed by atoms with Crippen LogP contribution in [0.4, 0.5) is 0 Å². The number of halogens is 1. The molecule has 3 heteroatoms. The first-order valence-electron chi connectivity index (χ1n) is 2.99. The van der Waals surface area contributed by atoms with Crippen molar-refractivity contribution < 1.29 is 0 Å². The van der Waals surface area contributed by atoms with Crippen molar-refractivity contribution in [1.82, 2.24) is 11.1 Å². The van der Waals surface area contributed by atoms with E-state index in [0.717, 1.165) is 0 Å². The molecule has 4 N–H and O–H groups in total. The molecule has 2 nitrogen and oxygen atoms in total. The minimum absolute atomic E-state index is 0. The molecule has 0 aliphatic heterocycles. The zero-order chi connectivity index (χ0) is 6.10. The maximum absolute atomic E-state index is 3.12. The molecule has 2 aromatic rings. The average Bonchev–Trinajstić information content (AvgIpc) is 2.33. The van der Waals surface area contributed by atoms with E-state index < -0.39 is 0 Å². The lowest BCUT2D eigenvalue weighted by Gasteiger charge is -1.83. The van der Waals surface area contributed by atoms with E-state index in [9.17, 15) is 0 Å². The van der Waals surface area contributed by atoms with Gasteiger partial charge in [-0.15, -0.1) is 17.0 Å². The van der Waals surface area contributed by atoms with E-state index in [1.54, 1.807) is 0 Å². The Morgan fingerprint density at radius 1 is 1.00 bits per heavy atom. The SMILES string of the molecule is Br.N.c1ccc2[nH]ccc2c1. The molecule has 0 atom stereocenters. The Kier molecular flexibility index (Phi) is 3.85. The van der Waals surface area contributed by atoms with Crippen molar-refractivity contribution in [3.63, 3.8) is 0 Å². The van der Waals surface area contributed by atoms with Crippen molar-refractivity contribution in [2.45, 2.75) is 0 Å². The van der Waals surface area contributed by atoms with Crippen LogP contribution in [-0.4, -0.2) is 4.98 Å². The third-order valence-electron chi connectivity index (χ3n) is 1.46. The van der Waals surface area contributed by atoms with Gasteiger partial charge in [-0.3, -0.25) is 0 Å². The monoisotopic (exact) mass is 214 g/mol. The number of hydrogen-bond acceptors (Lipinski definition) is 1. The van der Waals surface area contributed by atoms with Crippen LogP contribution >= 0.6 is 17.0 Å². The Labute approximate surface area is 76.0 Å². The zero-order valence-corrected chi connectivity index (χ0v) is 7.79. The highest BCUT2D eigenvalue weighted by Gasteiger charge is 1.86. The van der Waals surface area contributed by atoms with E-state index in [1.165, 1.54) is 10.9 Å². The molecule has 0 saturated heterocycles. The number of fused-ring (bicyclic) bond motifs is 1. The molecule has 0 bridgehead atoms. The fraction of sp³-hybridized carbons (Fsp3) is 0. The van der Waals surface area contributed by atoms with E-state index in [0.29, 0.717) is 0 Å². The van der Waals surface area contributed by atoms with Crippen molar-refractivity contribution in [3.8, 4) is 0 Å². The molecular weight excluding hydrogens is 204 g/mol. The van der Waals surface area contributed by atoms with Gasteiger partial charge in [0.1, 0.15) is 0 Å². The molecule has 0 radical (unpaired) electrons. The Morgan fingerprint density at radius 2 is 1.73 bits per heavy atom. The molecule has 0 amide bonds. The quantitative estimate of drug-likeness (QED) is 0.697. The topological polar surface area (TPSA) is 50.8 Å². The molecule has 1 aromatic heterocycles. The van der Waals surface area contributed by atoms with Crippen molar-refractivity contribution in [2.24, 2.45) is 0 Å². The van der Waals surface area contributed by atoms with Gasteiger partial charge in [0.05, 0.1) is 0 Å². The molecule has 0 aliphatic carbocycles. The minimum Gasteiger partial charge on any atom is -0.361 e. The molecule has 1 heterocycles. The van der Waals surface area contributed by atoms with Gasteiger partial charge in [0.15, 0.2) is 0 Å². The number of benzene rings is 1. The van der Waals surface area contributed by atoms with Crippen LogP contribution in [0.1, 0.15) is 0 Å². The average molecular weight is 215 g/mol. The lowest BCUT2D eigenvalue weighted by atomic mass is 10.3. The molecular formula is C8H11BrN2. The van der Waals surface area contributed by atoms with Crippen LogP contribution in [0, 0.1) is 0 Å². The lowest BCUT2D eigenvalue weighted by Crippen LogP contribution is -1.61. The van der Waals surface area contributed by atoms with Crippen LogP contribution in [0.3, 0.4) is 0 Å². The van der Waals surface area contributed by atoms with Gasteiger partial charge in [-0.2, -0.15) is 0 Å². The molecule has 0 saturated carbocycles. The summed E-state index contributed by atoms with van der Waals surface area (Å²) in [7, 11) is 0. The molecule has 11 heavy (non-hydrogen) atoms. The van der Waals surface area contributed by atoms with Crippen molar-refractivity contribution >= 4 is 27.9 Å². The number of hydrogen-bond donors (Lipinski definition) is 2. The van der Waals surface area contributed by atoms with Crippen LogP contribution in [0.5, 0.6) is 0 Å². The highest BCUT2D eigenvalue weighted by atomic mass is 79.9. The van der Waals surface area contributed by atoms with Gasteiger partial charge < -0.3 is 11.1 Å². The van der Waals surface area contributed by atoms with E-state index in [4.69, 9.17) is 0 Å². The Bertz CT molecular complexity index is 286. The van der Waals surface area contributed by atoms with Gasteiger partial charge in [-0.25, -0.2) is 0 Å². The molecule has 0 spiro atoms. The standard InChI is InChI=1S/C8H7N.BrH.H3N/c1-2-4-8-7(3-1)5-6-9-8;;/h1-6,9H;1H;1H3. The number of para-hydroxylation sites is 1. The summed E-state index contributed by atoms with van der Waals surface area (Å²) >= 11 is 0. The number of H-pyrrole nitrogens is 1. The molecule has 0 fully saturated rings. The van der Waals surface area contributed by atoms with Gasteiger partial charge >= 0.3 is 0 Å². The van der Waals surface area contributed by atoms with E-state index in [2.05, 4.69) is 23.2 Å². The minimum atomic E-state index is 0. The Morgan fingerprint density at radius 3 is 2.45 bits per heavy atom. The van der Waals surface area contributed by atoms with Crippen LogP contribution in [0.2, 0.25) is 0 Å². The molecule has 2 rings (SSSR count). The van der Waals surface area contributed by atoms with Crippen molar-refractivity contribution in [2.75, 3.05) is 0 Å². The van der Waals surface area contributed by atoms with Gasteiger partial charge in [-0.1, -0.05) is 18.2 Å². The number of rotatable bonds is 0. The van der Waals surface area contributed by atoms with Crippen molar-refractivity contribution in [3.05, 3.63) is 36.5 Å². The summed E-state index contributed by atoms with van der Waals surface area (Å²) in [5.41, 5.74) is 1.21. The lowest BCUT2D eigenvalue weighted by molar-refractivity contribution is 1.48.